The number of halogens is 3. The molecule has 0 aliphatic rings. The zero-order valence-corrected chi connectivity index (χ0v) is 14.4. The van der Waals surface area contributed by atoms with Crippen LogP contribution in [-0.4, -0.2) is 38.0 Å². The Bertz CT molecular complexity index is 904. The molecule has 0 unspecified atom stereocenters. The quantitative estimate of drug-likeness (QED) is 0.274. The number of rotatable bonds is 1. The number of fused-ring (bicyclic) bond motifs is 1. The molecule has 2 rings (SSSR count). The van der Waals surface area contributed by atoms with Crippen LogP contribution in [0.15, 0.2) is 23.2 Å². The highest BCUT2D eigenvalue weighted by atomic mass is 31.2. The summed E-state index contributed by atoms with van der Waals surface area (Å²) in [7, 11) is -2.27. The van der Waals surface area contributed by atoms with Gasteiger partial charge in [0, 0.05) is 25.2 Å². The van der Waals surface area contributed by atoms with Crippen molar-refractivity contribution >= 4 is 30.4 Å². The summed E-state index contributed by atoms with van der Waals surface area (Å²) in [6, 6.07) is 2.75. The molecular weight excluding hydrogens is 380 g/mol. The van der Waals surface area contributed by atoms with Crippen LogP contribution in [0.3, 0.4) is 0 Å². The van der Waals surface area contributed by atoms with E-state index in [1.54, 1.807) is 0 Å². The number of aromatic nitrogens is 1. The average molecular weight is 396 g/mol. The van der Waals surface area contributed by atoms with Crippen LogP contribution in [0.1, 0.15) is 16.1 Å². The van der Waals surface area contributed by atoms with E-state index in [2.05, 4.69) is 4.99 Å². The molecule has 1 aromatic carbocycles. The molecule has 0 fully saturated rings. The normalized spacial score (nSPS) is 11.7. The second-order valence-electron chi connectivity index (χ2n) is 5.19. The fraction of sp³-hybridized carbons (Fsp3) is 0.231. The van der Waals surface area contributed by atoms with E-state index >= 15 is 0 Å². The Kier molecular flexibility index (Phi) is 6.08. The van der Waals surface area contributed by atoms with Crippen molar-refractivity contribution in [1.82, 2.24) is 4.57 Å². The van der Waals surface area contributed by atoms with Gasteiger partial charge in [-0.25, -0.2) is 0 Å². The van der Waals surface area contributed by atoms with Gasteiger partial charge in [0.15, 0.2) is 5.96 Å². The topological polar surface area (TPSA) is 164 Å². The second kappa shape index (κ2) is 7.36. The predicted molar refractivity (Wildman–Crippen MR) is 87.7 cm³/mol. The molecule has 0 bridgehead atoms. The van der Waals surface area contributed by atoms with E-state index in [0.29, 0.717) is 6.07 Å². The molecule has 1 heterocycles. The molecule has 7 N–H and O–H groups in total. The Morgan fingerprint density at radius 1 is 1.23 bits per heavy atom. The Morgan fingerprint density at radius 3 is 2.15 bits per heavy atom. The third-order valence-corrected chi connectivity index (χ3v) is 2.90. The number of phenolic OH excluding ortho intramolecular Hbond substituents is 1. The predicted octanol–water partition coefficient (Wildman–Crippen LogP) is 1.11. The highest BCUT2D eigenvalue weighted by molar-refractivity contribution is 7.50. The number of carbonyl (C=O) groups is 1. The first-order valence-electron chi connectivity index (χ1n) is 6.68. The molecule has 0 saturated carbocycles. The SMILES string of the molecule is CP(=O)(O)O.Cn1c(C(=O)N=C(N)N)cc2c(C(F)(F)F)cc(O)cc21. The van der Waals surface area contributed by atoms with Crippen molar-refractivity contribution in [2.45, 2.75) is 6.18 Å². The lowest BCUT2D eigenvalue weighted by Crippen LogP contribution is -2.24. The zero-order chi connectivity index (χ0) is 20.4. The number of hydrogen-bond acceptors (Lipinski definition) is 3. The largest absolute Gasteiger partial charge is 0.508 e. The Morgan fingerprint density at radius 2 is 1.73 bits per heavy atom. The van der Waals surface area contributed by atoms with Gasteiger partial charge in [-0.2, -0.15) is 18.2 Å². The molecular formula is C13H16F3N4O5P. The van der Waals surface area contributed by atoms with E-state index in [4.69, 9.17) is 21.3 Å². The van der Waals surface area contributed by atoms with Gasteiger partial charge in [0.05, 0.1) is 11.1 Å². The summed E-state index contributed by atoms with van der Waals surface area (Å²) in [5.74, 6) is -1.93. The number of carbonyl (C=O) groups excluding carboxylic acids is 1. The van der Waals surface area contributed by atoms with Gasteiger partial charge in [0.25, 0.3) is 5.91 Å². The van der Waals surface area contributed by atoms with Gasteiger partial charge in [-0.15, -0.1) is 0 Å². The van der Waals surface area contributed by atoms with Crippen molar-refractivity contribution in [2.75, 3.05) is 6.66 Å². The monoisotopic (exact) mass is 396 g/mol. The minimum atomic E-state index is -4.67. The minimum absolute atomic E-state index is 0.0384. The van der Waals surface area contributed by atoms with Crippen LogP contribution in [0.2, 0.25) is 0 Å². The third-order valence-electron chi connectivity index (χ3n) is 2.90. The van der Waals surface area contributed by atoms with E-state index in [1.165, 1.54) is 11.6 Å². The first kappa shape index (κ1) is 21.5. The van der Waals surface area contributed by atoms with Crippen LogP contribution in [0.5, 0.6) is 5.75 Å². The molecule has 0 saturated heterocycles. The number of aromatic hydroxyl groups is 1. The Balaban J connectivity index is 0.000000597. The number of nitrogens with two attached hydrogens (primary N) is 2. The molecule has 0 atom stereocenters. The van der Waals surface area contributed by atoms with Gasteiger partial charge in [-0.3, -0.25) is 9.36 Å². The van der Waals surface area contributed by atoms with Crippen molar-refractivity contribution in [3.63, 3.8) is 0 Å². The van der Waals surface area contributed by atoms with Crippen LogP contribution in [0.4, 0.5) is 13.2 Å². The molecule has 0 aliphatic carbocycles. The molecule has 9 nitrogen and oxygen atoms in total. The lowest BCUT2D eigenvalue weighted by molar-refractivity contribution is -0.136. The highest BCUT2D eigenvalue weighted by Gasteiger charge is 2.34. The van der Waals surface area contributed by atoms with E-state index < -0.39 is 37.0 Å². The number of phenols is 1. The van der Waals surface area contributed by atoms with E-state index in [0.717, 1.165) is 18.8 Å². The lowest BCUT2D eigenvalue weighted by atomic mass is 10.1. The maximum Gasteiger partial charge on any atom is 0.417 e. The molecule has 1 amide bonds. The summed E-state index contributed by atoms with van der Waals surface area (Å²) in [4.78, 5) is 30.3. The molecule has 0 aliphatic heterocycles. The fourth-order valence-electron chi connectivity index (χ4n) is 2.03. The number of aliphatic imine (C=N–C) groups is 1. The molecule has 0 spiro atoms. The van der Waals surface area contributed by atoms with Crippen molar-refractivity contribution in [1.29, 1.82) is 0 Å². The van der Waals surface area contributed by atoms with Crippen LogP contribution >= 0.6 is 7.60 Å². The van der Waals surface area contributed by atoms with E-state index in [9.17, 15) is 27.6 Å². The number of amides is 1. The van der Waals surface area contributed by atoms with Crippen LogP contribution in [0, 0.1) is 0 Å². The number of nitrogens with zero attached hydrogens (tertiary/aromatic N) is 2. The summed E-state index contributed by atoms with van der Waals surface area (Å²) >= 11 is 0. The first-order chi connectivity index (χ1) is 11.6. The number of guanidine groups is 1. The fourth-order valence-corrected chi connectivity index (χ4v) is 2.03. The molecule has 26 heavy (non-hydrogen) atoms. The van der Waals surface area contributed by atoms with Gasteiger partial charge >= 0.3 is 13.8 Å². The number of aryl methyl sites for hydroxylation is 1. The maximum absolute atomic E-state index is 13.0. The van der Waals surface area contributed by atoms with Crippen molar-refractivity contribution in [3.05, 3.63) is 29.5 Å². The van der Waals surface area contributed by atoms with Gasteiger partial charge in [-0.1, -0.05) is 0 Å². The first-order valence-corrected chi connectivity index (χ1v) is 8.74. The summed E-state index contributed by atoms with van der Waals surface area (Å²) in [6.45, 7) is 0.854. The number of benzene rings is 1. The van der Waals surface area contributed by atoms with Crippen LogP contribution in [0.25, 0.3) is 10.9 Å². The van der Waals surface area contributed by atoms with Gasteiger partial charge < -0.3 is 30.9 Å². The summed E-state index contributed by atoms with van der Waals surface area (Å²) in [5.41, 5.74) is 9.02. The lowest BCUT2D eigenvalue weighted by Gasteiger charge is -2.09. The molecule has 0 radical (unpaired) electrons. The van der Waals surface area contributed by atoms with Crippen molar-refractivity contribution in [3.8, 4) is 5.75 Å². The standard InChI is InChI=1S/C12H11F3N4O2.CH5O3P/c1-19-8-3-5(20)2-7(12(13,14)15)6(8)4-9(19)10(21)18-11(16)17;1-5(2,3)4/h2-4,20H,1H3,(H4,16,17,18,21);1H3,(H2,2,3,4). The van der Waals surface area contributed by atoms with E-state index in [-0.39, 0.29) is 16.6 Å². The third kappa shape index (κ3) is 5.76. The maximum atomic E-state index is 13.0. The van der Waals surface area contributed by atoms with Crippen LogP contribution in [-0.2, 0) is 17.8 Å². The van der Waals surface area contributed by atoms with Gasteiger partial charge in [-0.05, 0) is 12.1 Å². The van der Waals surface area contributed by atoms with Gasteiger partial charge in [0.1, 0.15) is 11.4 Å². The van der Waals surface area contributed by atoms with Crippen molar-refractivity contribution in [2.24, 2.45) is 23.5 Å². The smallest absolute Gasteiger partial charge is 0.417 e. The molecule has 1 aromatic heterocycles. The molecule has 144 valence electrons. The zero-order valence-electron chi connectivity index (χ0n) is 13.5. The summed E-state index contributed by atoms with van der Waals surface area (Å²) < 4.78 is 49.4. The number of hydrogen-bond donors (Lipinski definition) is 5. The van der Waals surface area contributed by atoms with Gasteiger partial charge in [0.2, 0.25) is 0 Å². The Hall–Kier alpha value is -2.56. The Labute approximate surface area is 144 Å². The summed E-state index contributed by atoms with van der Waals surface area (Å²) in [6.07, 6.45) is -4.67. The average Bonchev–Trinajstić information content (AvgIpc) is 2.72. The minimum Gasteiger partial charge on any atom is -0.508 e. The second-order valence-corrected chi connectivity index (χ2v) is 6.86. The summed E-state index contributed by atoms with van der Waals surface area (Å²) in [5, 5.41) is 9.20. The van der Waals surface area contributed by atoms with E-state index in [1.807, 2.05) is 0 Å². The van der Waals surface area contributed by atoms with Crippen LogP contribution < -0.4 is 11.5 Å². The molecule has 2 aromatic rings. The highest BCUT2D eigenvalue weighted by Crippen LogP contribution is 2.38. The number of alkyl halides is 3. The van der Waals surface area contributed by atoms with Crippen molar-refractivity contribution < 1.29 is 37.4 Å². The molecule has 13 heteroatoms.